The summed E-state index contributed by atoms with van der Waals surface area (Å²) in [6, 6.07) is -6.83. The van der Waals surface area contributed by atoms with Crippen LogP contribution in [0.2, 0.25) is 0 Å². The van der Waals surface area contributed by atoms with Crippen molar-refractivity contribution in [2.45, 2.75) is 51.8 Å². The number of carboxylic acids is 1. The van der Waals surface area contributed by atoms with Crippen molar-refractivity contribution in [3.05, 3.63) is 35.8 Å². The Hall–Kier alpha value is -1.84. The maximum absolute atomic E-state index is 12.9. The highest BCUT2D eigenvalue weighted by atomic mass is 16.4. The average Bonchev–Trinajstić information content (AvgIpc) is 2.77. The van der Waals surface area contributed by atoms with E-state index in [1.807, 2.05) is 5.32 Å². The number of carbonyl (C=O) groups is 2. The first kappa shape index (κ1) is 6.58. The van der Waals surface area contributed by atoms with Gasteiger partial charge < -0.3 is 10.4 Å². The van der Waals surface area contributed by atoms with E-state index in [4.69, 9.17) is 19.2 Å². The number of amides is 1. The highest BCUT2D eigenvalue weighted by Gasteiger charge is 2.30. The van der Waals surface area contributed by atoms with Gasteiger partial charge in [-0.1, -0.05) is 43.9 Å². The van der Waals surface area contributed by atoms with Gasteiger partial charge in [-0.3, -0.25) is 4.79 Å². The molecule has 126 valence electrons. The second kappa shape index (κ2) is 8.14. The summed E-state index contributed by atoms with van der Waals surface area (Å²) < 4.78 is 110. The molecule has 23 heavy (non-hydrogen) atoms. The lowest BCUT2D eigenvalue weighted by Gasteiger charge is -2.30. The molecule has 0 aliphatic heterocycles. The number of carboxylic acid groups (broad SMARTS) is 1. The third kappa shape index (κ3) is 5.08. The highest BCUT2D eigenvalue weighted by Crippen LogP contribution is 2.33. The predicted octanol–water partition coefficient (Wildman–Crippen LogP) is 3.26. The first-order valence-corrected chi connectivity index (χ1v) is 7.21. The molecule has 0 bridgehead atoms. The fourth-order valence-corrected chi connectivity index (χ4v) is 2.53. The summed E-state index contributed by atoms with van der Waals surface area (Å²) in [5.41, 5.74) is -0.941. The highest BCUT2D eigenvalue weighted by molar-refractivity contribution is 5.85. The van der Waals surface area contributed by atoms with Gasteiger partial charge in [-0.15, -0.1) is 0 Å². The van der Waals surface area contributed by atoms with Crippen LogP contribution in [0.1, 0.15) is 64.1 Å². The molecule has 4 nitrogen and oxygen atoms in total. The summed E-state index contributed by atoms with van der Waals surface area (Å²) >= 11 is 0. The summed E-state index contributed by atoms with van der Waals surface area (Å²) in [4.78, 5) is 24.8. The van der Waals surface area contributed by atoms with Crippen LogP contribution in [-0.2, 0) is 16.0 Å². The molecule has 1 aliphatic carbocycles. The zero-order valence-electron chi connectivity index (χ0n) is 26.3. The summed E-state index contributed by atoms with van der Waals surface area (Å²) in [6.07, 6.45) is -3.58. The van der Waals surface area contributed by atoms with E-state index >= 15 is 0 Å². The first-order valence-electron chi connectivity index (χ1n) is 14.2. The smallest absolute Gasteiger partial charge is 0.326 e. The van der Waals surface area contributed by atoms with E-state index in [9.17, 15) is 14.7 Å². The summed E-state index contributed by atoms with van der Waals surface area (Å²) in [6.45, 7) is -6.27. The molecular formula is C19H27NO3. The van der Waals surface area contributed by atoms with Crippen molar-refractivity contribution in [3.63, 3.8) is 0 Å². The van der Waals surface area contributed by atoms with Crippen LogP contribution in [0.25, 0.3) is 0 Å². The fraction of sp³-hybridized carbons (Fsp3) is 0.579. The maximum atomic E-state index is 12.9. The van der Waals surface area contributed by atoms with Crippen molar-refractivity contribution in [3.8, 4) is 0 Å². The van der Waals surface area contributed by atoms with Gasteiger partial charge in [0.1, 0.15) is 6.04 Å². The van der Waals surface area contributed by atoms with Crippen LogP contribution < -0.4 is 5.32 Å². The van der Waals surface area contributed by atoms with Gasteiger partial charge in [0.05, 0.1) is 6.85 Å². The second-order valence-corrected chi connectivity index (χ2v) is 5.39. The van der Waals surface area contributed by atoms with Crippen LogP contribution in [0.15, 0.2) is 30.2 Å². The van der Waals surface area contributed by atoms with E-state index in [1.54, 1.807) is 0 Å². The van der Waals surface area contributed by atoms with Crippen LogP contribution in [0.4, 0.5) is 0 Å². The van der Waals surface area contributed by atoms with E-state index in [-0.39, 0.29) is 25.7 Å². The zero-order valence-corrected chi connectivity index (χ0v) is 12.3. The lowest BCUT2D eigenvalue weighted by Crippen LogP contribution is -2.45. The minimum atomic E-state index is -3.13. The largest absolute Gasteiger partial charge is 0.480 e. The van der Waals surface area contributed by atoms with Crippen LogP contribution >= 0.6 is 0 Å². The molecule has 1 fully saturated rings. The third-order valence-corrected chi connectivity index (χ3v) is 3.83. The second-order valence-electron chi connectivity index (χ2n) is 5.39. The molecule has 2 rings (SSSR count). The number of hydrogen-bond acceptors (Lipinski definition) is 2. The Labute approximate surface area is 158 Å². The summed E-state index contributed by atoms with van der Waals surface area (Å²) in [5.74, 6) is -7.64. The van der Waals surface area contributed by atoms with Gasteiger partial charge in [0.15, 0.2) is 0 Å². The molecule has 0 unspecified atom stereocenters. The molecule has 1 aromatic rings. The molecule has 2 N–H and O–H groups in total. The topological polar surface area (TPSA) is 66.4 Å². The van der Waals surface area contributed by atoms with E-state index in [0.717, 1.165) is 0 Å². The lowest BCUT2D eigenvalue weighted by molar-refractivity contribution is -0.142. The molecule has 0 heterocycles. The van der Waals surface area contributed by atoms with Gasteiger partial charge in [0.25, 0.3) is 0 Å². The molecule has 0 spiro atoms. The fourth-order valence-electron chi connectivity index (χ4n) is 2.53. The number of rotatable bonds is 6. The van der Waals surface area contributed by atoms with Gasteiger partial charge in [0.2, 0.25) is 5.91 Å². The SMILES string of the molecule is [2H]c1c([2H])c([2H])c(C([2H])([2H])[C@@H](NC(=O)C2CCC(C([2H])(C([2H])([2H])[2H])C([2H])([2H])[2H])CC2)C(=O)O)c([2H])c1[2H]. The normalized spacial score (nSPS) is 33.6. The first-order chi connectivity index (χ1) is 16.6. The minimum Gasteiger partial charge on any atom is -0.480 e. The molecule has 4 heteroatoms. The molecule has 1 saturated carbocycles. The zero-order chi connectivity index (χ0) is 28.9. The van der Waals surface area contributed by atoms with Gasteiger partial charge in [-0.05, 0) is 43.1 Å². The molecule has 1 aliphatic rings. The van der Waals surface area contributed by atoms with Gasteiger partial charge in [-0.25, -0.2) is 4.79 Å². The monoisotopic (exact) mass is 331 g/mol. The molecule has 0 aromatic heterocycles. The van der Waals surface area contributed by atoms with Crippen molar-refractivity contribution in [2.24, 2.45) is 17.7 Å². The quantitative estimate of drug-likeness (QED) is 0.841. The number of carbonyl (C=O) groups excluding carboxylic acids is 1. The van der Waals surface area contributed by atoms with Crippen LogP contribution in [0.3, 0.4) is 0 Å². The maximum Gasteiger partial charge on any atom is 0.326 e. The number of aliphatic carboxylic acids is 1. The lowest BCUT2D eigenvalue weighted by atomic mass is 9.76. The summed E-state index contributed by atoms with van der Waals surface area (Å²) in [5, 5.41) is 11.7. The molecule has 1 amide bonds. The van der Waals surface area contributed by atoms with Crippen molar-refractivity contribution >= 4 is 11.9 Å². The standard InChI is InChI=1S/C19H27NO3/c1-13(2)15-8-10-16(11-9-15)18(21)20-17(19(22)23)12-14-6-4-3-5-7-14/h3-7,13,15-17H,8-12H2,1-2H3,(H,20,21)(H,22,23)/t15?,16?,17-/m1/s1/i1D3,2D3,3D,4D,5D,6D,7D,12D2,13D. The van der Waals surface area contributed by atoms with Crippen molar-refractivity contribution < 1.29 is 33.9 Å². The number of nitrogens with one attached hydrogen (secondary N) is 1. The molecule has 1 atom stereocenters. The van der Waals surface area contributed by atoms with Crippen LogP contribution in [-0.4, -0.2) is 23.0 Å². The Bertz CT molecular complexity index is 1020. The van der Waals surface area contributed by atoms with E-state index in [1.165, 1.54) is 0 Å². The molecule has 1 aromatic carbocycles. The van der Waals surface area contributed by atoms with Gasteiger partial charge in [-0.2, -0.15) is 0 Å². The minimum absolute atomic E-state index is 0.0900. The van der Waals surface area contributed by atoms with Crippen molar-refractivity contribution in [1.29, 1.82) is 0 Å². The molecular weight excluding hydrogens is 290 g/mol. The Kier molecular flexibility index (Phi) is 2.33. The molecule has 0 radical (unpaired) electrons. The summed E-state index contributed by atoms with van der Waals surface area (Å²) in [7, 11) is 0. The van der Waals surface area contributed by atoms with Crippen molar-refractivity contribution in [1.82, 2.24) is 5.32 Å². The molecule has 0 saturated heterocycles. The van der Waals surface area contributed by atoms with E-state index in [0.29, 0.717) is 0 Å². The van der Waals surface area contributed by atoms with Crippen LogP contribution in [0, 0.1) is 17.7 Å². The average molecular weight is 332 g/mol. The van der Waals surface area contributed by atoms with E-state index in [2.05, 4.69) is 0 Å². The Morgan fingerprint density at radius 2 is 2.00 bits per heavy atom. The Morgan fingerprint density at radius 3 is 2.57 bits per heavy atom. The van der Waals surface area contributed by atoms with Crippen molar-refractivity contribution in [2.75, 3.05) is 0 Å². The predicted molar refractivity (Wildman–Crippen MR) is 90.0 cm³/mol. The third-order valence-electron chi connectivity index (χ3n) is 3.83. The van der Waals surface area contributed by atoms with Gasteiger partial charge >= 0.3 is 5.97 Å². The van der Waals surface area contributed by atoms with Gasteiger partial charge in [0, 0.05) is 24.6 Å². The Balaban J connectivity index is 2.30. The number of hydrogen-bond donors (Lipinski definition) is 2. The Morgan fingerprint density at radius 1 is 1.35 bits per heavy atom. The van der Waals surface area contributed by atoms with E-state index < -0.39 is 91.5 Å². The number of benzene rings is 1. The van der Waals surface area contributed by atoms with Crippen LogP contribution in [0.5, 0.6) is 0 Å².